The number of benzene rings is 1. The highest BCUT2D eigenvalue weighted by Crippen LogP contribution is 2.15. The highest BCUT2D eigenvalue weighted by Gasteiger charge is 2.22. The summed E-state index contributed by atoms with van der Waals surface area (Å²) in [6.07, 6.45) is 1.92. The van der Waals surface area contributed by atoms with Gasteiger partial charge in [0.25, 0.3) is 0 Å². The van der Waals surface area contributed by atoms with Crippen molar-refractivity contribution in [3.8, 4) is 5.75 Å². The van der Waals surface area contributed by atoms with Crippen LogP contribution >= 0.6 is 0 Å². The monoisotopic (exact) mass is 275 g/mol. The van der Waals surface area contributed by atoms with Crippen LogP contribution in [-0.2, 0) is 9.59 Å². The molecule has 108 valence electrons. The van der Waals surface area contributed by atoms with Gasteiger partial charge in [-0.2, -0.15) is 0 Å². The van der Waals surface area contributed by atoms with E-state index in [1.54, 1.807) is 31.2 Å². The molecule has 0 aliphatic carbocycles. The zero-order valence-corrected chi connectivity index (χ0v) is 12.0. The number of nitrogens with one attached hydrogen (secondary N) is 1. The molecule has 1 aromatic rings. The fraction of sp³-hybridized carbons (Fsp3) is 0.375. The molecule has 0 bridgehead atoms. The van der Waals surface area contributed by atoms with Crippen molar-refractivity contribution in [1.82, 2.24) is 5.32 Å². The molecule has 4 nitrogen and oxygen atoms in total. The van der Waals surface area contributed by atoms with E-state index < -0.39 is 11.9 Å². The summed E-state index contributed by atoms with van der Waals surface area (Å²) in [6.45, 7) is 7.97. The average Bonchev–Trinajstić information content (AvgIpc) is 2.46. The molecule has 1 amide bonds. The lowest BCUT2D eigenvalue weighted by atomic mass is 10.0. The van der Waals surface area contributed by atoms with E-state index in [0.717, 1.165) is 12.8 Å². The van der Waals surface area contributed by atoms with Crippen molar-refractivity contribution in [1.29, 1.82) is 0 Å². The Morgan fingerprint density at radius 2 is 1.95 bits per heavy atom. The highest BCUT2D eigenvalue weighted by atomic mass is 16.5. The summed E-state index contributed by atoms with van der Waals surface area (Å²) in [7, 11) is 0. The van der Waals surface area contributed by atoms with Gasteiger partial charge in [0.15, 0.2) is 0 Å². The molecule has 0 aromatic heterocycles. The van der Waals surface area contributed by atoms with Crippen molar-refractivity contribution >= 4 is 11.9 Å². The Labute approximate surface area is 119 Å². The number of ether oxygens (including phenoxy) is 1. The van der Waals surface area contributed by atoms with Gasteiger partial charge in [-0.15, -0.1) is 0 Å². The Hall–Kier alpha value is -2.10. The fourth-order valence-electron chi connectivity index (χ4n) is 1.54. The first-order valence-electron chi connectivity index (χ1n) is 6.80. The van der Waals surface area contributed by atoms with Crippen LogP contribution in [0, 0.1) is 5.92 Å². The lowest BCUT2D eigenvalue weighted by Gasteiger charge is -2.14. The number of hydrogen-bond acceptors (Lipinski definition) is 3. The van der Waals surface area contributed by atoms with Gasteiger partial charge >= 0.3 is 5.97 Å². The smallest absolute Gasteiger partial charge is 0.339 e. The number of carbonyl (C=O) groups is 2. The van der Waals surface area contributed by atoms with E-state index in [2.05, 4.69) is 11.9 Å². The zero-order valence-electron chi connectivity index (χ0n) is 12.0. The van der Waals surface area contributed by atoms with Crippen molar-refractivity contribution in [3.63, 3.8) is 0 Å². The second-order valence-corrected chi connectivity index (χ2v) is 4.59. The molecule has 0 spiro atoms. The summed E-state index contributed by atoms with van der Waals surface area (Å²) < 4.78 is 5.15. The first-order valence-corrected chi connectivity index (χ1v) is 6.80. The topological polar surface area (TPSA) is 55.4 Å². The molecule has 1 N–H and O–H groups in total. The first-order chi connectivity index (χ1) is 9.56. The Morgan fingerprint density at radius 1 is 1.30 bits per heavy atom. The van der Waals surface area contributed by atoms with Gasteiger partial charge in [0, 0.05) is 12.1 Å². The van der Waals surface area contributed by atoms with Crippen LogP contribution in [0.25, 0.3) is 0 Å². The molecule has 0 aliphatic rings. The maximum absolute atomic E-state index is 11.9. The minimum atomic E-state index is -0.594. The first kappa shape index (κ1) is 16.0. The van der Waals surface area contributed by atoms with Crippen molar-refractivity contribution in [2.75, 3.05) is 6.54 Å². The third-order valence-electron chi connectivity index (χ3n) is 2.96. The highest BCUT2D eigenvalue weighted by molar-refractivity contribution is 5.97. The van der Waals surface area contributed by atoms with Gasteiger partial charge < -0.3 is 10.1 Å². The molecule has 1 aromatic carbocycles. The maximum Gasteiger partial charge on any atom is 0.339 e. The number of carbonyl (C=O) groups excluding carboxylic acids is 2. The number of amides is 1. The van der Waals surface area contributed by atoms with E-state index in [0.29, 0.717) is 12.3 Å². The van der Waals surface area contributed by atoms with Crippen LogP contribution in [0.4, 0.5) is 0 Å². The van der Waals surface area contributed by atoms with Crippen LogP contribution in [0.5, 0.6) is 5.75 Å². The number of hydrogen-bond donors (Lipinski definition) is 1. The Morgan fingerprint density at radius 3 is 2.55 bits per heavy atom. The fourth-order valence-corrected chi connectivity index (χ4v) is 1.54. The number of unbranched alkanes of at least 4 members (excludes halogenated alkanes) is 1. The van der Waals surface area contributed by atoms with E-state index in [1.807, 2.05) is 13.0 Å². The van der Waals surface area contributed by atoms with Crippen LogP contribution in [0.2, 0.25) is 0 Å². The number of rotatable bonds is 7. The Bertz CT molecular complexity index is 468. The molecule has 1 atom stereocenters. The standard InChI is InChI=1S/C16H21NO3/c1-4-5-11-17-15(18)12(2)13(3)16(19)20-14-9-7-6-8-10-14/h6-10,12H,3-5,11H2,1-2H3,(H,17,18). The third kappa shape index (κ3) is 4.88. The van der Waals surface area contributed by atoms with Crippen LogP contribution in [0.15, 0.2) is 42.5 Å². The number of esters is 1. The van der Waals surface area contributed by atoms with Crippen LogP contribution < -0.4 is 10.1 Å². The zero-order chi connectivity index (χ0) is 15.0. The molecular weight excluding hydrogens is 254 g/mol. The van der Waals surface area contributed by atoms with Crippen molar-refractivity contribution in [2.24, 2.45) is 5.92 Å². The normalized spacial score (nSPS) is 11.5. The summed E-state index contributed by atoms with van der Waals surface area (Å²) in [5.41, 5.74) is 0.155. The molecule has 20 heavy (non-hydrogen) atoms. The summed E-state index contributed by atoms with van der Waals surface area (Å²) in [6, 6.07) is 8.73. The summed E-state index contributed by atoms with van der Waals surface area (Å²) >= 11 is 0. The van der Waals surface area contributed by atoms with E-state index in [4.69, 9.17) is 4.74 Å². The lowest BCUT2D eigenvalue weighted by Crippen LogP contribution is -2.33. The minimum absolute atomic E-state index is 0.155. The molecule has 0 saturated carbocycles. The van der Waals surface area contributed by atoms with Crippen molar-refractivity contribution < 1.29 is 14.3 Å². The Kier molecular flexibility index (Phi) is 6.50. The second kappa shape index (κ2) is 8.15. The predicted molar refractivity (Wildman–Crippen MR) is 78.3 cm³/mol. The van der Waals surface area contributed by atoms with Gasteiger partial charge in [-0.25, -0.2) is 4.79 Å². The third-order valence-corrected chi connectivity index (χ3v) is 2.96. The molecule has 0 aliphatic heterocycles. The molecular formula is C16H21NO3. The maximum atomic E-state index is 11.9. The largest absolute Gasteiger partial charge is 0.423 e. The molecule has 0 fully saturated rings. The van der Waals surface area contributed by atoms with Gasteiger partial charge in [-0.3, -0.25) is 4.79 Å². The number of para-hydroxylation sites is 1. The van der Waals surface area contributed by atoms with E-state index in [-0.39, 0.29) is 11.5 Å². The van der Waals surface area contributed by atoms with Gasteiger partial charge in [-0.05, 0) is 25.5 Å². The summed E-state index contributed by atoms with van der Waals surface area (Å²) in [5.74, 6) is -0.928. The van der Waals surface area contributed by atoms with E-state index in [1.165, 1.54) is 0 Å². The van der Waals surface area contributed by atoms with Gasteiger partial charge in [-0.1, -0.05) is 38.1 Å². The SMILES string of the molecule is C=C(C(=O)Oc1ccccc1)C(C)C(=O)NCCCC. The average molecular weight is 275 g/mol. The van der Waals surface area contributed by atoms with Crippen LogP contribution in [-0.4, -0.2) is 18.4 Å². The predicted octanol–water partition coefficient (Wildman–Crippen LogP) is 2.70. The molecule has 0 heterocycles. The summed E-state index contributed by atoms with van der Waals surface area (Å²) in [5, 5.41) is 2.78. The second-order valence-electron chi connectivity index (χ2n) is 4.59. The minimum Gasteiger partial charge on any atom is -0.423 e. The van der Waals surface area contributed by atoms with Gasteiger partial charge in [0.05, 0.1) is 5.92 Å². The van der Waals surface area contributed by atoms with Gasteiger partial charge in [0.2, 0.25) is 5.91 Å². The van der Waals surface area contributed by atoms with Crippen molar-refractivity contribution in [3.05, 3.63) is 42.5 Å². The molecule has 4 heteroatoms. The molecule has 0 saturated heterocycles. The molecule has 0 radical (unpaired) electrons. The van der Waals surface area contributed by atoms with Crippen LogP contribution in [0.1, 0.15) is 26.7 Å². The lowest BCUT2D eigenvalue weighted by molar-refractivity contribution is -0.133. The van der Waals surface area contributed by atoms with Gasteiger partial charge in [0.1, 0.15) is 5.75 Å². The Balaban J connectivity index is 2.51. The van der Waals surface area contributed by atoms with Crippen LogP contribution in [0.3, 0.4) is 0 Å². The summed E-state index contributed by atoms with van der Waals surface area (Å²) in [4.78, 5) is 23.7. The van der Waals surface area contributed by atoms with E-state index >= 15 is 0 Å². The molecule has 1 unspecified atom stereocenters. The van der Waals surface area contributed by atoms with Crippen molar-refractivity contribution in [2.45, 2.75) is 26.7 Å². The molecule has 1 rings (SSSR count). The van der Waals surface area contributed by atoms with E-state index in [9.17, 15) is 9.59 Å². The quantitative estimate of drug-likeness (QED) is 0.360.